The summed E-state index contributed by atoms with van der Waals surface area (Å²) in [5.41, 5.74) is 5.34. The van der Waals surface area contributed by atoms with Crippen LogP contribution in [0, 0.1) is 13.8 Å². The van der Waals surface area contributed by atoms with E-state index in [1.165, 1.54) is 36.0 Å². The van der Waals surface area contributed by atoms with Crippen LogP contribution in [0.1, 0.15) is 42.1 Å². The first kappa shape index (κ1) is 10.6. The van der Waals surface area contributed by atoms with Crippen LogP contribution < -0.4 is 0 Å². The van der Waals surface area contributed by atoms with Crippen LogP contribution in [0.15, 0.2) is 24.4 Å². The second-order valence-corrected chi connectivity index (χ2v) is 5.10. The molecule has 0 spiro atoms. The lowest BCUT2D eigenvalue weighted by Crippen LogP contribution is -2.10. The molecule has 0 amide bonds. The van der Waals surface area contributed by atoms with Gasteiger partial charge in [-0.15, -0.1) is 0 Å². The van der Waals surface area contributed by atoms with E-state index in [0.29, 0.717) is 0 Å². The molecular formula is C15H18N2. The molecule has 3 rings (SSSR count). The van der Waals surface area contributed by atoms with E-state index < -0.39 is 0 Å². The largest absolute Gasteiger partial charge is 0.342 e. The fourth-order valence-electron chi connectivity index (χ4n) is 2.54. The molecule has 0 unspecified atom stereocenters. The number of hydrogen-bond acceptors (Lipinski definition) is 1. The number of imidazole rings is 1. The molecule has 17 heavy (non-hydrogen) atoms. The molecule has 1 saturated carbocycles. The van der Waals surface area contributed by atoms with Gasteiger partial charge in [-0.1, -0.05) is 30.2 Å². The molecule has 1 fully saturated rings. The average Bonchev–Trinajstić information content (AvgIpc) is 2.62. The number of H-pyrrole nitrogens is 1. The van der Waals surface area contributed by atoms with Gasteiger partial charge in [0.05, 0.1) is 11.9 Å². The van der Waals surface area contributed by atoms with Crippen molar-refractivity contribution in [3.05, 3.63) is 41.3 Å². The van der Waals surface area contributed by atoms with Crippen molar-refractivity contribution >= 4 is 0 Å². The first-order valence-corrected chi connectivity index (χ1v) is 6.36. The lowest BCUT2D eigenvalue weighted by Gasteiger charge is -2.28. The molecule has 2 nitrogen and oxygen atoms in total. The Morgan fingerprint density at radius 2 is 2.06 bits per heavy atom. The van der Waals surface area contributed by atoms with Gasteiger partial charge in [-0.2, -0.15) is 0 Å². The molecule has 88 valence electrons. The van der Waals surface area contributed by atoms with Crippen molar-refractivity contribution in [3.8, 4) is 11.3 Å². The molecule has 0 aliphatic heterocycles. The molecule has 1 aliphatic rings. The normalized spacial score (nSPS) is 15.9. The third-order valence-corrected chi connectivity index (χ3v) is 3.75. The van der Waals surface area contributed by atoms with Gasteiger partial charge in [0.2, 0.25) is 0 Å². The standard InChI is InChI=1S/C15H18N2/c1-10-6-7-13(15-9-16-11(2)17-15)14(8-10)12-4-3-5-12/h6-9,12H,3-5H2,1-2H3,(H,16,17). The summed E-state index contributed by atoms with van der Waals surface area (Å²) in [6, 6.07) is 6.76. The number of benzene rings is 1. The summed E-state index contributed by atoms with van der Waals surface area (Å²) in [4.78, 5) is 7.65. The van der Waals surface area contributed by atoms with E-state index in [1.54, 1.807) is 0 Å². The molecule has 1 aliphatic carbocycles. The third-order valence-electron chi connectivity index (χ3n) is 3.75. The molecular weight excluding hydrogens is 208 g/mol. The first-order chi connectivity index (χ1) is 8.24. The van der Waals surface area contributed by atoms with E-state index in [-0.39, 0.29) is 0 Å². The maximum absolute atomic E-state index is 4.30. The highest BCUT2D eigenvalue weighted by Gasteiger charge is 2.23. The quantitative estimate of drug-likeness (QED) is 0.825. The Morgan fingerprint density at radius 1 is 1.24 bits per heavy atom. The van der Waals surface area contributed by atoms with Crippen molar-refractivity contribution in [1.82, 2.24) is 9.97 Å². The summed E-state index contributed by atoms with van der Waals surface area (Å²) in [5.74, 6) is 1.74. The average molecular weight is 226 g/mol. The molecule has 2 aromatic rings. The number of aryl methyl sites for hydroxylation is 2. The Bertz CT molecular complexity index is 536. The fraction of sp³-hybridized carbons (Fsp3) is 0.400. The van der Waals surface area contributed by atoms with Crippen molar-refractivity contribution < 1.29 is 0 Å². The van der Waals surface area contributed by atoms with Gasteiger partial charge in [-0.25, -0.2) is 4.98 Å². The van der Waals surface area contributed by atoms with Crippen molar-refractivity contribution in [3.63, 3.8) is 0 Å². The van der Waals surface area contributed by atoms with Crippen LogP contribution in [0.25, 0.3) is 11.3 Å². The van der Waals surface area contributed by atoms with Gasteiger partial charge in [0.25, 0.3) is 0 Å². The van der Waals surface area contributed by atoms with Gasteiger partial charge in [0, 0.05) is 5.56 Å². The molecule has 0 bridgehead atoms. The van der Waals surface area contributed by atoms with Gasteiger partial charge in [0.1, 0.15) is 5.82 Å². The number of nitrogens with zero attached hydrogens (tertiary/aromatic N) is 1. The summed E-state index contributed by atoms with van der Waals surface area (Å²) >= 11 is 0. The van der Waals surface area contributed by atoms with Crippen molar-refractivity contribution in [1.29, 1.82) is 0 Å². The second kappa shape index (κ2) is 4.02. The highest BCUT2D eigenvalue weighted by Crippen LogP contribution is 2.41. The molecule has 2 heteroatoms. The van der Waals surface area contributed by atoms with Crippen molar-refractivity contribution in [2.75, 3.05) is 0 Å². The monoisotopic (exact) mass is 226 g/mol. The zero-order valence-corrected chi connectivity index (χ0v) is 10.5. The molecule has 0 atom stereocenters. The fourth-order valence-corrected chi connectivity index (χ4v) is 2.54. The number of rotatable bonds is 2. The van der Waals surface area contributed by atoms with Gasteiger partial charge in [-0.3, -0.25) is 0 Å². The zero-order valence-electron chi connectivity index (χ0n) is 10.5. The van der Waals surface area contributed by atoms with E-state index in [1.807, 2.05) is 13.1 Å². The van der Waals surface area contributed by atoms with Gasteiger partial charge in [0.15, 0.2) is 0 Å². The number of hydrogen-bond donors (Lipinski definition) is 1. The second-order valence-electron chi connectivity index (χ2n) is 5.10. The molecule has 1 aromatic heterocycles. The third kappa shape index (κ3) is 1.88. The summed E-state index contributed by atoms with van der Waals surface area (Å²) in [6.07, 6.45) is 6.00. The smallest absolute Gasteiger partial charge is 0.103 e. The van der Waals surface area contributed by atoms with E-state index in [4.69, 9.17) is 0 Å². The van der Waals surface area contributed by atoms with Crippen LogP contribution in [0.4, 0.5) is 0 Å². The highest BCUT2D eigenvalue weighted by molar-refractivity contribution is 5.65. The van der Waals surface area contributed by atoms with Crippen molar-refractivity contribution in [2.24, 2.45) is 0 Å². The Balaban J connectivity index is 2.08. The minimum atomic E-state index is 0.758. The predicted molar refractivity (Wildman–Crippen MR) is 70.1 cm³/mol. The topological polar surface area (TPSA) is 28.7 Å². The molecule has 1 heterocycles. The van der Waals surface area contributed by atoms with E-state index in [0.717, 1.165) is 17.4 Å². The summed E-state index contributed by atoms with van der Waals surface area (Å²) < 4.78 is 0. The van der Waals surface area contributed by atoms with Crippen LogP contribution in [0.3, 0.4) is 0 Å². The van der Waals surface area contributed by atoms with Crippen LogP contribution in [-0.4, -0.2) is 9.97 Å². The van der Waals surface area contributed by atoms with Crippen LogP contribution in [-0.2, 0) is 0 Å². The Morgan fingerprint density at radius 3 is 2.65 bits per heavy atom. The SMILES string of the molecule is Cc1ccc(-c2cnc(C)[nH]2)c(C2CCC2)c1. The van der Waals surface area contributed by atoms with Crippen molar-refractivity contribution in [2.45, 2.75) is 39.0 Å². The van der Waals surface area contributed by atoms with Gasteiger partial charge < -0.3 is 4.98 Å². The van der Waals surface area contributed by atoms with Gasteiger partial charge >= 0.3 is 0 Å². The summed E-state index contributed by atoms with van der Waals surface area (Å²) in [5, 5.41) is 0. The lowest BCUT2D eigenvalue weighted by atomic mass is 9.77. The number of nitrogens with one attached hydrogen (secondary N) is 1. The number of aromatic amines is 1. The zero-order chi connectivity index (χ0) is 11.8. The molecule has 0 radical (unpaired) electrons. The highest BCUT2D eigenvalue weighted by atomic mass is 14.9. The minimum absolute atomic E-state index is 0.758. The maximum Gasteiger partial charge on any atom is 0.103 e. The van der Waals surface area contributed by atoms with Crippen LogP contribution in [0.5, 0.6) is 0 Å². The Labute approximate surface area is 102 Å². The van der Waals surface area contributed by atoms with Crippen LogP contribution in [0.2, 0.25) is 0 Å². The van der Waals surface area contributed by atoms with E-state index >= 15 is 0 Å². The summed E-state index contributed by atoms with van der Waals surface area (Å²) in [6.45, 7) is 4.17. The lowest BCUT2D eigenvalue weighted by molar-refractivity contribution is 0.420. The van der Waals surface area contributed by atoms with E-state index in [9.17, 15) is 0 Å². The van der Waals surface area contributed by atoms with E-state index in [2.05, 4.69) is 35.1 Å². The molecule has 1 aromatic carbocycles. The number of aromatic nitrogens is 2. The Hall–Kier alpha value is -1.57. The first-order valence-electron chi connectivity index (χ1n) is 6.36. The van der Waals surface area contributed by atoms with Crippen LogP contribution >= 0.6 is 0 Å². The molecule has 0 saturated heterocycles. The minimum Gasteiger partial charge on any atom is -0.342 e. The summed E-state index contributed by atoms with van der Waals surface area (Å²) in [7, 11) is 0. The maximum atomic E-state index is 4.30. The predicted octanol–water partition coefficient (Wildman–Crippen LogP) is 3.96. The van der Waals surface area contributed by atoms with Gasteiger partial charge in [-0.05, 0) is 38.2 Å². The molecule has 1 N–H and O–H groups in total. The Kier molecular flexibility index (Phi) is 2.50.